The molecular formula is C17H19N3O. The largest absolute Gasteiger partial charge is 0.497 e. The predicted octanol–water partition coefficient (Wildman–Crippen LogP) is 3.75. The lowest BCUT2D eigenvalue weighted by molar-refractivity contribution is 0.415. The Morgan fingerprint density at radius 3 is 2.57 bits per heavy atom. The maximum Gasteiger partial charge on any atom is 0.137 e. The van der Waals surface area contributed by atoms with Crippen LogP contribution >= 0.6 is 0 Å². The van der Waals surface area contributed by atoms with E-state index in [1.54, 1.807) is 7.11 Å². The highest BCUT2D eigenvalue weighted by atomic mass is 16.5. The van der Waals surface area contributed by atoms with E-state index < -0.39 is 0 Å². The Balaban J connectivity index is 2.07. The van der Waals surface area contributed by atoms with Gasteiger partial charge in [0.1, 0.15) is 11.4 Å². The minimum atomic E-state index is 0.856. The highest BCUT2D eigenvalue weighted by Crippen LogP contribution is 2.26. The van der Waals surface area contributed by atoms with E-state index in [2.05, 4.69) is 35.8 Å². The summed E-state index contributed by atoms with van der Waals surface area (Å²) in [4.78, 5) is 4.73. The maximum atomic E-state index is 5.20. The fourth-order valence-corrected chi connectivity index (χ4v) is 2.49. The van der Waals surface area contributed by atoms with Gasteiger partial charge < -0.3 is 14.5 Å². The van der Waals surface area contributed by atoms with E-state index >= 15 is 0 Å². The van der Waals surface area contributed by atoms with Gasteiger partial charge in [0.25, 0.3) is 0 Å². The zero-order valence-electron chi connectivity index (χ0n) is 12.6. The summed E-state index contributed by atoms with van der Waals surface area (Å²) < 4.78 is 7.33. The number of hydrogen-bond donors (Lipinski definition) is 1. The molecule has 0 atom stereocenters. The van der Waals surface area contributed by atoms with Crippen molar-refractivity contribution < 1.29 is 4.74 Å². The molecule has 0 aliphatic heterocycles. The topological polar surface area (TPSA) is 38.6 Å². The number of nitrogens with zero attached hydrogens (tertiary/aromatic N) is 2. The Morgan fingerprint density at radius 2 is 1.90 bits per heavy atom. The Labute approximate surface area is 124 Å². The number of aryl methyl sites for hydroxylation is 1. The molecule has 0 aliphatic rings. The summed E-state index contributed by atoms with van der Waals surface area (Å²) >= 11 is 0. The monoisotopic (exact) mass is 281 g/mol. The molecule has 2 aromatic heterocycles. The van der Waals surface area contributed by atoms with Crippen LogP contribution in [0.3, 0.4) is 0 Å². The molecular weight excluding hydrogens is 262 g/mol. The first-order valence-electron chi connectivity index (χ1n) is 7.10. The van der Waals surface area contributed by atoms with Gasteiger partial charge in [0.15, 0.2) is 0 Å². The first-order chi connectivity index (χ1) is 10.2. The van der Waals surface area contributed by atoms with E-state index in [4.69, 9.17) is 9.72 Å². The lowest BCUT2D eigenvalue weighted by Gasteiger charge is -2.04. The quantitative estimate of drug-likeness (QED) is 0.791. The Bertz CT molecular complexity index is 760. The van der Waals surface area contributed by atoms with E-state index in [9.17, 15) is 0 Å². The molecule has 0 unspecified atom stereocenters. The first kappa shape index (κ1) is 13.5. The molecule has 108 valence electrons. The average molecular weight is 281 g/mol. The van der Waals surface area contributed by atoms with Crippen LogP contribution in [-0.2, 0) is 0 Å². The van der Waals surface area contributed by atoms with Gasteiger partial charge in [-0.15, -0.1) is 0 Å². The van der Waals surface area contributed by atoms with Crippen LogP contribution in [0, 0.1) is 6.92 Å². The van der Waals surface area contributed by atoms with Crippen LogP contribution in [-0.4, -0.2) is 23.0 Å². The van der Waals surface area contributed by atoms with Crippen LogP contribution in [0.15, 0.2) is 42.6 Å². The lowest BCUT2D eigenvalue weighted by atomic mass is 10.1. The van der Waals surface area contributed by atoms with E-state index in [0.717, 1.165) is 40.6 Å². The van der Waals surface area contributed by atoms with E-state index in [1.807, 2.05) is 30.3 Å². The summed E-state index contributed by atoms with van der Waals surface area (Å²) in [5, 5.41) is 3.33. The standard InChI is InChI=1S/C17H19N3O/c1-4-18-14-7-10-16-19-17(12(2)20(16)11-14)13-5-8-15(21-3)9-6-13/h5-11,18H,4H2,1-3H3. The number of pyridine rings is 1. The number of methoxy groups -OCH3 is 1. The second-order valence-electron chi connectivity index (χ2n) is 4.95. The summed E-state index contributed by atoms with van der Waals surface area (Å²) in [7, 11) is 1.67. The predicted molar refractivity (Wildman–Crippen MR) is 86.1 cm³/mol. The molecule has 4 nitrogen and oxygen atoms in total. The molecule has 0 amide bonds. The smallest absolute Gasteiger partial charge is 0.137 e. The van der Waals surface area contributed by atoms with Gasteiger partial charge in [-0.05, 0) is 50.2 Å². The van der Waals surface area contributed by atoms with Crippen molar-refractivity contribution in [3.63, 3.8) is 0 Å². The van der Waals surface area contributed by atoms with Gasteiger partial charge in [0.2, 0.25) is 0 Å². The molecule has 0 saturated heterocycles. The number of nitrogens with one attached hydrogen (secondary N) is 1. The van der Waals surface area contributed by atoms with E-state index in [1.165, 1.54) is 0 Å². The highest BCUT2D eigenvalue weighted by Gasteiger charge is 2.10. The molecule has 0 saturated carbocycles. The van der Waals surface area contributed by atoms with Crippen molar-refractivity contribution in [2.45, 2.75) is 13.8 Å². The van der Waals surface area contributed by atoms with Crippen molar-refractivity contribution in [2.75, 3.05) is 19.0 Å². The van der Waals surface area contributed by atoms with Crippen molar-refractivity contribution in [1.82, 2.24) is 9.38 Å². The van der Waals surface area contributed by atoms with Gasteiger partial charge in [-0.3, -0.25) is 0 Å². The summed E-state index contributed by atoms with van der Waals surface area (Å²) in [6, 6.07) is 12.1. The fraction of sp³-hybridized carbons (Fsp3) is 0.235. The van der Waals surface area contributed by atoms with Crippen LogP contribution in [0.25, 0.3) is 16.9 Å². The van der Waals surface area contributed by atoms with Gasteiger partial charge in [-0.2, -0.15) is 0 Å². The number of anilines is 1. The second-order valence-corrected chi connectivity index (χ2v) is 4.95. The Hall–Kier alpha value is -2.49. The van der Waals surface area contributed by atoms with Gasteiger partial charge in [-0.25, -0.2) is 4.98 Å². The molecule has 3 aromatic rings. The SMILES string of the molecule is CCNc1ccc2nc(-c3ccc(OC)cc3)c(C)n2c1. The third-order valence-electron chi connectivity index (χ3n) is 3.60. The zero-order chi connectivity index (χ0) is 14.8. The normalized spacial score (nSPS) is 10.8. The minimum absolute atomic E-state index is 0.856. The van der Waals surface area contributed by atoms with Gasteiger partial charge in [-0.1, -0.05) is 0 Å². The molecule has 0 radical (unpaired) electrons. The van der Waals surface area contributed by atoms with Crippen LogP contribution in [0.1, 0.15) is 12.6 Å². The number of fused-ring (bicyclic) bond motifs is 1. The minimum Gasteiger partial charge on any atom is -0.497 e. The summed E-state index contributed by atoms with van der Waals surface area (Å²) in [5.74, 6) is 0.856. The van der Waals surface area contributed by atoms with Crippen LogP contribution in [0.4, 0.5) is 5.69 Å². The number of benzene rings is 1. The van der Waals surface area contributed by atoms with E-state index in [0.29, 0.717) is 0 Å². The van der Waals surface area contributed by atoms with Crippen LogP contribution in [0.5, 0.6) is 5.75 Å². The number of aromatic nitrogens is 2. The van der Waals surface area contributed by atoms with Gasteiger partial charge in [0, 0.05) is 24.0 Å². The summed E-state index contributed by atoms with van der Waals surface area (Å²) in [6.07, 6.45) is 2.09. The Morgan fingerprint density at radius 1 is 1.14 bits per heavy atom. The fourth-order valence-electron chi connectivity index (χ4n) is 2.49. The number of rotatable bonds is 4. The average Bonchev–Trinajstić information content (AvgIpc) is 2.85. The third kappa shape index (κ3) is 2.44. The molecule has 4 heteroatoms. The van der Waals surface area contributed by atoms with Crippen LogP contribution in [0.2, 0.25) is 0 Å². The van der Waals surface area contributed by atoms with Crippen molar-refractivity contribution in [3.8, 4) is 17.0 Å². The molecule has 21 heavy (non-hydrogen) atoms. The molecule has 3 rings (SSSR count). The molecule has 0 fully saturated rings. The number of hydrogen-bond acceptors (Lipinski definition) is 3. The summed E-state index contributed by atoms with van der Waals surface area (Å²) in [5.41, 5.74) is 5.30. The number of imidazole rings is 1. The number of ether oxygens (including phenoxy) is 1. The molecule has 0 aliphatic carbocycles. The zero-order valence-corrected chi connectivity index (χ0v) is 12.6. The van der Waals surface area contributed by atoms with Crippen LogP contribution < -0.4 is 10.1 Å². The third-order valence-corrected chi connectivity index (χ3v) is 3.60. The molecule has 2 heterocycles. The first-order valence-corrected chi connectivity index (χ1v) is 7.10. The van der Waals surface area contributed by atoms with Gasteiger partial charge >= 0.3 is 0 Å². The van der Waals surface area contributed by atoms with Crippen molar-refractivity contribution in [3.05, 3.63) is 48.3 Å². The Kier molecular flexibility index (Phi) is 3.52. The van der Waals surface area contributed by atoms with Crippen molar-refractivity contribution >= 4 is 11.3 Å². The molecule has 1 N–H and O–H groups in total. The van der Waals surface area contributed by atoms with Crippen molar-refractivity contribution in [2.24, 2.45) is 0 Å². The maximum absolute atomic E-state index is 5.20. The summed E-state index contributed by atoms with van der Waals surface area (Å²) in [6.45, 7) is 5.09. The molecule has 1 aromatic carbocycles. The van der Waals surface area contributed by atoms with Crippen molar-refractivity contribution in [1.29, 1.82) is 0 Å². The lowest BCUT2D eigenvalue weighted by Crippen LogP contribution is -1.98. The molecule has 0 spiro atoms. The molecule has 0 bridgehead atoms. The van der Waals surface area contributed by atoms with Gasteiger partial charge in [0.05, 0.1) is 18.5 Å². The highest BCUT2D eigenvalue weighted by molar-refractivity contribution is 5.68. The second kappa shape index (κ2) is 5.48. The van der Waals surface area contributed by atoms with E-state index in [-0.39, 0.29) is 0 Å².